The van der Waals surface area contributed by atoms with Gasteiger partial charge in [-0.05, 0) is 5.75 Å². The molecule has 0 fully saturated rings. The van der Waals surface area contributed by atoms with E-state index in [4.69, 9.17) is 0 Å². The molecule has 0 unspecified atom stereocenters. The molecule has 0 aromatic heterocycles. The number of rotatable bonds is 3. The van der Waals surface area contributed by atoms with Gasteiger partial charge in [0.2, 0.25) is 5.78 Å². The molecule has 2 nitrogen and oxygen atoms in total. The molecule has 0 radical (unpaired) electrons. The smallest absolute Gasteiger partial charge is 0.289 e. The fraction of sp³-hybridized carbons (Fsp3) is 0.667. The summed E-state index contributed by atoms with van der Waals surface area (Å²) >= 11 is 0.716. The highest BCUT2D eigenvalue weighted by atomic mass is 32.2. The summed E-state index contributed by atoms with van der Waals surface area (Å²) in [5.74, 6) is -1.60. The van der Waals surface area contributed by atoms with E-state index in [1.54, 1.807) is 6.92 Å². The van der Waals surface area contributed by atoms with Crippen molar-refractivity contribution in [1.29, 1.82) is 0 Å². The molecule has 6 heteroatoms. The Morgan fingerprint density at radius 3 is 2.17 bits per heavy atom. The molecule has 0 saturated carbocycles. The number of ketones is 1. The Labute approximate surface area is 71.5 Å². The molecule has 0 N–H and O–H groups in total. The van der Waals surface area contributed by atoms with Crippen LogP contribution in [0.4, 0.5) is 13.2 Å². The molecule has 0 saturated heterocycles. The van der Waals surface area contributed by atoms with Gasteiger partial charge in [0, 0.05) is 0 Å². The lowest BCUT2D eigenvalue weighted by Gasteiger charge is -2.02. The zero-order valence-electron chi connectivity index (χ0n) is 6.27. The topological polar surface area (TPSA) is 34.1 Å². The number of hydrogen-bond donors (Lipinski definition) is 0. The molecule has 0 aliphatic heterocycles. The summed E-state index contributed by atoms with van der Waals surface area (Å²) in [7, 11) is 0. The van der Waals surface area contributed by atoms with E-state index in [-0.39, 0.29) is 0 Å². The molecule has 0 rings (SSSR count). The second-order valence-corrected chi connectivity index (χ2v) is 3.22. The van der Waals surface area contributed by atoms with Crippen LogP contribution in [0.5, 0.6) is 0 Å². The van der Waals surface area contributed by atoms with Gasteiger partial charge in [-0.2, -0.15) is 13.2 Å². The Kier molecular flexibility index (Phi) is 4.30. The number of Topliss-reactive ketones (excluding diaryl/α,β-unsaturated/α-hetero) is 1. The van der Waals surface area contributed by atoms with Crippen molar-refractivity contribution in [2.45, 2.75) is 19.5 Å². The lowest BCUT2D eigenvalue weighted by molar-refractivity contribution is -0.171. The maximum absolute atomic E-state index is 11.5. The summed E-state index contributed by atoms with van der Waals surface area (Å²) < 4.78 is 34.6. The van der Waals surface area contributed by atoms with Gasteiger partial charge in [-0.15, -0.1) is 0 Å². The molecule has 0 spiro atoms. The maximum Gasteiger partial charge on any atom is 0.450 e. The van der Waals surface area contributed by atoms with Crippen molar-refractivity contribution in [2.75, 3.05) is 5.75 Å². The van der Waals surface area contributed by atoms with E-state index < -0.39 is 23.5 Å². The first kappa shape index (κ1) is 11.5. The Hall–Kier alpha value is -0.520. The first-order valence-electron chi connectivity index (χ1n) is 3.13. The third kappa shape index (κ3) is 4.38. The maximum atomic E-state index is 11.5. The van der Waals surface area contributed by atoms with Crippen molar-refractivity contribution in [1.82, 2.24) is 0 Å². The Morgan fingerprint density at radius 2 is 1.83 bits per heavy atom. The highest BCUT2D eigenvalue weighted by Gasteiger charge is 2.38. The number of thioether (sulfide) groups is 1. The molecule has 0 atom stereocenters. The highest BCUT2D eigenvalue weighted by molar-refractivity contribution is 8.13. The molecular formula is C6H7F3O2S. The van der Waals surface area contributed by atoms with Crippen LogP contribution in [-0.2, 0) is 9.59 Å². The van der Waals surface area contributed by atoms with Crippen molar-refractivity contribution < 1.29 is 22.8 Å². The molecule has 70 valence electrons. The highest BCUT2D eigenvalue weighted by Crippen LogP contribution is 2.19. The summed E-state index contributed by atoms with van der Waals surface area (Å²) in [6.07, 6.45) is -5.94. The first-order valence-corrected chi connectivity index (χ1v) is 4.12. The minimum atomic E-state index is -4.88. The average Bonchev–Trinajstić information content (AvgIpc) is 1.85. The predicted molar refractivity (Wildman–Crippen MR) is 38.8 cm³/mol. The van der Waals surface area contributed by atoms with E-state index in [1.807, 2.05) is 0 Å². The SMILES string of the molecule is CCSC(=O)CC(=O)C(F)(F)F. The Morgan fingerprint density at radius 1 is 1.33 bits per heavy atom. The van der Waals surface area contributed by atoms with Gasteiger partial charge in [-0.3, -0.25) is 9.59 Å². The second-order valence-electron chi connectivity index (χ2n) is 1.90. The van der Waals surface area contributed by atoms with Gasteiger partial charge < -0.3 is 0 Å². The normalized spacial score (nSPS) is 11.3. The summed E-state index contributed by atoms with van der Waals surface area (Å²) in [5, 5.41) is -0.736. The van der Waals surface area contributed by atoms with E-state index in [0.717, 1.165) is 0 Å². The van der Waals surface area contributed by atoms with E-state index in [9.17, 15) is 22.8 Å². The number of hydrogen-bond acceptors (Lipinski definition) is 3. The molecule has 0 aliphatic carbocycles. The lowest BCUT2D eigenvalue weighted by atomic mass is 10.3. The number of alkyl halides is 3. The number of carbonyl (C=O) groups is 2. The Bertz CT molecular complexity index is 188. The van der Waals surface area contributed by atoms with Gasteiger partial charge in [-0.1, -0.05) is 18.7 Å². The molecule has 0 heterocycles. The fourth-order valence-corrected chi connectivity index (χ4v) is 0.998. The first-order chi connectivity index (χ1) is 5.38. The Balaban J connectivity index is 3.94. The summed E-state index contributed by atoms with van der Waals surface area (Å²) in [4.78, 5) is 20.7. The van der Waals surface area contributed by atoms with Gasteiger partial charge in [-0.25, -0.2) is 0 Å². The minimum absolute atomic E-state index is 0.379. The van der Waals surface area contributed by atoms with Crippen molar-refractivity contribution >= 4 is 22.7 Å². The zero-order chi connectivity index (χ0) is 9.78. The summed E-state index contributed by atoms with van der Waals surface area (Å²) in [6.45, 7) is 1.63. The van der Waals surface area contributed by atoms with Crippen LogP contribution in [-0.4, -0.2) is 22.8 Å². The minimum Gasteiger partial charge on any atom is -0.289 e. The summed E-state index contributed by atoms with van der Waals surface area (Å²) in [6, 6.07) is 0. The van der Waals surface area contributed by atoms with Crippen molar-refractivity contribution in [3.05, 3.63) is 0 Å². The average molecular weight is 200 g/mol. The van der Waals surface area contributed by atoms with Crippen LogP contribution >= 0.6 is 11.8 Å². The van der Waals surface area contributed by atoms with Gasteiger partial charge in [0.15, 0.2) is 5.12 Å². The molecule has 12 heavy (non-hydrogen) atoms. The van der Waals surface area contributed by atoms with Crippen LogP contribution in [0.2, 0.25) is 0 Å². The predicted octanol–water partition coefficient (Wildman–Crippen LogP) is 1.79. The molecule has 0 amide bonds. The van der Waals surface area contributed by atoms with Crippen LogP contribution in [0.15, 0.2) is 0 Å². The second kappa shape index (κ2) is 4.49. The standard InChI is InChI=1S/C6H7F3O2S/c1-2-12-5(11)3-4(10)6(7,8)9/h2-3H2,1H3. The summed E-state index contributed by atoms with van der Waals surface area (Å²) in [5.41, 5.74) is 0. The van der Waals surface area contributed by atoms with E-state index in [2.05, 4.69) is 0 Å². The van der Waals surface area contributed by atoms with Crippen LogP contribution in [0, 0.1) is 0 Å². The number of carbonyl (C=O) groups excluding carboxylic acids is 2. The molecule has 0 aromatic rings. The van der Waals surface area contributed by atoms with Gasteiger partial charge in [0.05, 0.1) is 6.42 Å². The van der Waals surface area contributed by atoms with Crippen molar-refractivity contribution in [3.63, 3.8) is 0 Å². The van der Waals surface area contributed by atoms with Crippen LogP contribution in [0.1, 0.15) is 13.3 Å². The van der Waals surface area contributed by atoms with Crippen molar-refractivity contribution in [3.8, 4) is 0 Å². The lowest BCUT2D eigenvalue weighted by Crippen LogP contribution is -2.24. The van der Waals surface area contributed by atoms with E-state index >= 15 is 0 Å². The number of halogens is 3. The van der Waals surface area contributed by atoms with Crippen LogP contribution in [0.3, 0.4) is 0 Å². The van der Waals surface area contributed by atoms with Gasteiger partial charge >= 0.3 is 6.18 Å². The van der Waals surface area contributed by atoms with Crippen molar-refractivity contribution in [2.24, 2.45) is 0 Å². The third-order valence-corrected chi connectivity index (χ3v) is 1.68. The van der Waals surface area contributed by atoms with E-state index in [0.29, 0.717) is 17.5 Å². The largest absolute Gasteiger partial charge is 0.450 e. The van der Waals surface area contributed by atoms with Gasteiger partial charge in [0.25, 0.3) is 0 Å². The van der Waals surface area contributed by atoms with E-state index in [1.165, 1.54) is 0 Å². The monoisotopic (exact) mass is 200 g/mol. The molecular weight excluding hydrogens is 193 g/mol. The van der Waals surface area contributed by atoms with Crippen LogP contribution < -0.4 is 0 Å². The van der Waals surface area contributed by atoms with Gasteiger partial charge in [0.1, 0.15) is 0 Å². The quantitative estimate of drug-likeness (QED) is 0.651. The molecule has 0 bridgehead atoms. The molecule has 0 aliphatic rings. The fourth-order valence-electron chi connectivity index (χ4n) is 0.443. The molecule has 0 aromatic carbocycles. The van der Waals surface area contributed by atoms with Crippen LogP contribution in [0.25, 0.3) is 0 Å². The zero-order valence-corrected chi connectivity index (χ0v) is 7.09. The third-order valence-electron chi connectivity index (χ3n) is 0.926.